The minimum atomic E-state index is -4.47. The van der Waals surface area contributed by atoms with E-state index in [4.69, 9.17) is 14.9 Å². The predicted octanol–water partition coefficient (Wildman–Crippen LogP) is 0.381. The Labute approximate surface area is 99.5 Å². The number of carbonyl (C=O) groups is 1. The SMILES string of the molecule is C=CC(N(C)C(C)(CS)C(=O)O)P(=O)(O)O. The van der Waals surface area contributed by atoms with E-state index >= 15 is 0 Å². The first-order chi connectivity index (χ1) is 7.11. The van der Waals surface area contributed by atoms with E-state index in [-0.39, 0.29) is 5.75 Å². The number of carboxylic acid groups (broad SMARTS) is 1. The Hall–Kier alpha value is -0.330. The summed E-state index contributed by atoms with van der Waals surface area (Å²) in [5.41, 5.74) is -1.47. The van der Waals surface area contributed by atoms with Crippen molar-refractivity contribution < 1.29 is 24.3 Å². The first-order valence-electron chi connectivity index (χ1n) is 4.36. The molecule has 0 aliphatic rings. The molecule has 0 aromatic carbocycles. The van der Waals surface area contributed by atoms with Crippen LogP contribution in [0.2, 0.25) is 0 Å². The van der Waals surface area contributed by atoms with Gasteiger partial charge in [-0.2, -0.15) is 12.6 Å². The number of hydrogen-bond donors (Lipinski definition) is 4. The minimum absolute atomic E-state index is 0.0802. The maximum Gasteiger partial charge on any atom is 0.346 e. The third kappa shape index (κ3) is 3.09. The number of hydrogen-bond acceptors (Lipinski definition) is 4. The van der Waals surface area contributed by atoms with Crippen LogP contribution in [0.5, 0.6) is 0 Å². The average Bonchev–Trinajstić information content (AvgIpc) is 2.14. The summed E-state index contributed by atoms with van der Waals surface area (Å²) in [6, 6.07) is 0. The Morgan fingerprint density at radius 3 is 2.31 bits per heavy atom. The van der Waals surface area contributed by atoms with Crippen molar-refractivity contribution in [3.8, 4) is 0 Å². The molecular weight excluding hydrogens is 253 g/mol. The molecule has 8 heteroatoms. The van der Waals surface area contributed by atoms with Crippen molar-refractivity contribution >= 4 is 26.2 Å². The van der Waals surface area contributed by atoms with Crippen molar-refractivity contribution in [3.63, 3.8) is 0 Å². The predicted molar refractivity (Wildman–Crippen MR) is 63.7 cm³/mol. The molecule has 16 heavy (non-hydrogen) atoms. The van der Waals surface area contributed by atoms with Gasteiger partial charge in [-0.15, -0.1) is 6.58 Å². The standard InChI is InChI=1S/C8H16NO5PS/c1-4-6(15(12,13)14)9(3)8(2,5-16)7(10)11/h4,6,16H,1,5H2,2-3H3,(H,10,11)(H2,12,13,14). The molecule has 0 rings (SSSR count). The summed E-state index contributed by atoms with van der Waals surface area (Å²) < 4.78 is 11.2. The van der Waals surface area contributed by atoms with E-state index in [9.17, 15) is 9.36 Å². The van der Waals surface area contributed by atoms with E-state index in [1.54, 1.807) is 0 Å². The summed E-state index contributed by atoms with van der Waals surface area (Å²) >= 11 is 3.90. The number of likely N-dealkylation sites (N-methyl/N-ethyl adjacent to an activating group) is 1. The minimum Gasteiger partial charge on any atom is -0.480 e. The van der Waals surface area contributed by atoms with Crippen molar-refractivity contribution in [1.82, 2.24) is 4.90 Å². The Morgan fingerprint density at radius 2 is 2.12 bits per heavy atom. The van der Waals surface area contributed by atoms with E-state index in [1.807, 2.05) is 0 Å². The molecule has 0 aliphatic carbocycles. The highest BCUT2D eigenvalue weighted by Crippen LogP contribution is 2.45. The smallest absolute Gasteiger partial charge is 0.346 e. The molecule has 0 radical (unpaired) electrons. The van der Waals surface area contributed by atoms with Gasteiger partial charge in [-0.05, 0) is 14.0 Å². The molecule has 2 atom stereocenters. The zero-order chi connectivity index (χ0) is 13.1. The largest absolute Gasteiger partial charge is 0.480 e. The Morgan fingerprint density at radius 1 is 1.69 bits per heavy atom. The topological polar surface area (TPSA) is 98.1 Å². The van der Waals surface area contributed by atoms with Crippen molar-refractivity contribution in [2.45, 2.75) is 18.2 Å². The third-order valence-corrected chi connectivity index (χ3v) is 4.36. The quantitative estimate of drug-likeness (QED) is 0.316. The maximum atomic E-state index is 11.2. The zero-order valence-corrected chi connectivity index (χ0v) is 10.9. The number of thiol groups is 1. The molecule has 0 bridgehead atoms. The normalized spacial score (nSPS) is 17.9. The molecule has 0 amide bonds. The van der Waals surface area contributed by atoms with Gasteiger partial charge in [0.05, 0.1) is 0 Å². The number of rotatable bonds is 6. The van der Waals surface area contributed by atoms with E-state index in [0.29, 0.717) is 0 Å². The molecule has 0 aromatic rings. The fourth-order valence-electron chi connectivity index (χ4n) is 1.14. The molecule has 6 nitrogen and oxygen atoms in total. The van der Waals surface area contributed by atoms with Crippen molar-refractivity contribution in [2.75, 3.05) is 12.8 Å². The van der Waals surface area contributed by atoms with Crippen LogP contribution in [0.25, 0.3) is 0 Å². The van der Waals surface area contributed by atoms with E-state index in [1.165, 1.54) is 14.0 Å². The van der Waals surface area contributed by atoms with Gasteiger partial charge < -0.3 is 14.9 Å². The Bertz CT molecular complexity index is 330. The molecule has 0 spiro atoms. The lowest BCUT2D eigenvalue weighted by molar-refractivity contribution is -0.148. The van der Waals surface area contributed by atoms with Gasteiger partial charge in [-0.3, -0.25) is 14.3 Å². The second-order valence-corrected chi connectivity index (χ2v) is 5.61. The molecule has 94 valence electrons. The average molecular weight is 269 g/mol. The summed E-state index contributed by atoms with van der Waals surface area (Å²) in [5, 5.41) is 9.04. The van der Waals surface area contributed by atoms with Crippen molar-refractivity contribution in [3.05, 3.63) is 12.7 Å². The summed E-state index contributed by atoms with van der Waals surface area (Å²) in [5.74, 6) is -2.63. The van der Waals surface area contributed by atoms with Crippen LogP contribution in [-0.2, 0) is 9.36 Å². The fourth-order valence-corrected chi connectivity index (χ4v) is 2.48. The lowest BCUT2D eigenvalue weighted by Crippen LogP contribution is -2.55. The lowest BCUT2D eigenvalue weighted by atomic mass is 10.0. The van der Waals surface area contributed by atoms with Crippen LogP contribution in [-0.4, -0.2) is 49.9 Å². The monoisotopic (exact) mass is 269 g/mol. The number of nitrogens with zero attached hydrogens (tertiary/aromatic N) is 1. The van der Waals surface area contributed by atoms with Gasteiger partial charge >= 0.3 is 13.6 Å². The maximum absolute atomic E-state index is 11.2. The Kier molecular flexibility index (Phi) is 5.22. The van der Waals surface area contributed by atoms with Crippen LogP contribution in [0.3, 0.4) is 0 Å². The molecule has 2 unspecified atom stereocenters. The first-order valence-corrected chi connectivity index (χ1v) is 6.67. The second kappa shape index (κ2) is 5.33. The number of aliphatic carboxylic acids is 1. The number of carboxylic acids is 1. The highest BCUT2D eigenvalue weighted by atomic mass is 32.1. The zero-order valence-electron chi connectivity index (χ0n) is 9.07. The van der Waals surface area contributed by atoms with Gasteiger partial charge in [0.25, 0.3) is 0 Å². The fraction of sp³-hybridized carbons (Fsp3) is 0.625. The highest BCUT2D eigenvalue weighted by Gasteiger charge is 2.44. The highest BCUT2D eigenvalue weighted by molar-refractivity contribution is 7.80. The molecule has 3 N–H and O–H groups in total. The second-order valence-electron chi connectivity index (χ2n) is 3.59. The van der Waals surface area contributed by atoms with Gasteiger partial charge in [0.2, 0.25) is 0 Å². The molecule has 0 aliphatic heterocycles. The van der Waals surface area contributed by atoms with E-state index in [0.717, 1.165) is 11.0 Å². The van der Waals surface area contributed by atoms with Crippen molar-refractivity contribution in [2.24, 2.45) is 0 Å². The molecule has 0 fully saturated rings. The van der Waals surface area contributed by atoms with E-state index in [2.05, 4.69) is 19.2 Å². The van der Waals surface area contributed by atoms with Gasteiger partial charge in [0.1, 0.15) is 11.3 Å². The summed E-state index contributed by atoms with van der Waals surface area (Å²) in [6.07, 6.45) is 1.03. The van der Waals surface area contributed by atoms with Crippen LogP contribution < -0.4 is 0 Å². The molecule has 0 heterocycles. The lowest BCUT2D eigenvalue weighted by Gasteiger charge is -2.38. The summed E-state index contributed by atoms with van der Waals surface area (Å²) in [6.45, 7) is 4.65. The van der Waals surface area contributed by atoms with Gasteiger partial charge in [-0.25, -0.2) is 0 Å². The summed E-state index contributed by atoms with van der Waals surface area (Å²) in [4.78, 5) is 30.3. The molecular formula is C8H16NO5PS. The van der Waals surface area contributed by atoms with Crippen molar-refractivity contribution in [1.29, 1.82) is 0 Å². The van der Waals surface area contributed by atoms with Crippen LogP contribution in [0.1, 0.15) is 6.92 Å². The molecule has 0 aromatic heterocycles. The van der Waals surface area contributed by atoms with Crippen LogP contribution in [0.15, 0.2) is 12.7 Å². The third-order valence-electron chi connectivity index (χ3n) is 2.50. The Balaban J connectivity index is 5.30. The van der Waals surface area contributed by atoms with Crippen LogP contribution in [0.4, 0.5) is 0 Å². The molecule has 0 saturated heterocycles. The molecule has 0 saturated carbocycles. The van der Waals surface area contributed by atoms with Gasteiger partial charge in [0, 0.05) is 5.75 Å². The van der Waals surface area contributed by atoms with Gasteiger partial charge in [-0.1, -0.05) is 6.08 Å². The van der Waals surface area contributed by atoms with Gasteiger partial charge in [0.15, 0.2) is 0 Å². The van der Waals surface area contributed by atoms with Crippen LogP contribution in [0, 0.1) is 0 Å². The summed E-state index contributed by atoms with van der Waals surface area (Å²) in [7, 11) is -3.16. The van der Waals surface area contributed by atoms with E-state index < -0.39 is 24.9 Å². The first kappa shape index (κ1) is 15.7. The van der Waals surface area contributed by atoms with Crippen LogP contribution >= 0.6 is 20.2 Å².